The van der Waals surface area contributed by atoms with Crippen LogP contribution in [0.25, 0.3) is 10.9 Å². The summed E-state index contributed by atoms with van der Waals surface area (Å²) >= 11 is 0. The second-order valence-corrected chi connectivity index (χ2v) is 6.32. The molecule has 1 N–H and O–H groups in total. The maximum absolute atomic E-state index is 4.14. The highest BCUT2D eigenvalue weighted by molar-refractivity contribution is 5.85. The minimum atomic E-state index is 0.262. The Labute approximate surface area is 147 Å². The molecule has 3 nitrogen and oxygen atoms in total. The molecule has 0 aliphatic heterocycles. The first-order chi connectivity index (χ1) is 12.4. The third-order valence-corrected chi connectivity index (χ3v) is 4.71. The van der Waals surface area contributed by atoms with Crippen molar-refractivity contribution in [3.05, 3.63) is 103 Å². The van der Waals surface area contributed by atoms with Crippen LogP contribution in [0.15, 0.2) is 85.8 Å². The zero-order valence-electron chi connectivity index (χ0n) is 14.1. The van der Waals surface area contributed by atoms with Gasteiger partial charge in [0, 0.05) is 35.8 Å². The Morgan fingerprint density at radius 2 is 1.88 bits per heavy atom. The number of H-pyrrole nitrogens is 1. The van der Waals surface area contributed by atoms with Crippen molar-refractivity contribution in [1.82, 2.24) is 14.8 Å². The van der Waals surface area contributed by atoms with Crippen molar-refractivity contribution in [2.24, 2.45) is 0 Å². The molecular formula is C22H21N3. The van der Waals surface area contributed by atoms with Gasteiger partial charge < -0.3 is 4.57 Å². The standard InChI is InChI=1S/C22H21N3/c1-2-8-19(18-13-23-24-14-18)21-16-25(15-17-9-4-3-5-10-17)22-12-7-6-11-20(21)22/h2-7,9-14,16,19H,1,8,15H2,(H,23,24). The quantitative estimate of drug-likeness (QED) is 0.490. The molecule has 0 radical (unpaired) electrons. The lowest BCUT2D eigenvalue weighted by molar-refractivity contribution is 0.799. The molecule has 2 aromatic carbocycles. The molecule has 4 rings (SSSR count). The largest absolute Gasteiger partial charge is 0.343 e. The molecule has 25 heavy (non-hydrogen) atoms. The molecule has 0 bridgehead atoms. The van der Waals surface area contributed by atoms with Gasteiger partial charge in [-0.15, -0.1) is 6.58 Å². The van der Waals surface area contributed by atoms with Gasteiger partial charge in [-0.3, -0.25) is 5.10 Å². The third-order valence-electron chi connectivity index (χ3n) is 4.71. The molecule has 0 saturated carbocycles. The van der Waals surface area contributed by atoms with Gasteiger partial charge in [-0.25, -0.2) is 0 Å². The van der Waals surface area contributed by atoms with Crippen LogP contribution in [0.1, 0.15) is 29.0 Å². The fourth-order valence-electron chi connectivity index (χ4n) is 3.52. The number of hydrogen-bond donors (Lipinski definition) is 1. The van der Waals surface area contributed by atoms with E-state index in [0.717, 1.165) is 13.0 Å². The third kappa shape index (κ3) is 3.01. The Balaban J connectivity index is 1.82. The second kappa shape index (κ2) is 6.81. The van der Waals surface area contributed by atoms with E-state index < -0.39 is 0 Å². The van der Waals surface area contributed by atoms with Gasteiger partial charge in [0.1, 0.15) is 0 Å². The zero-order valence-corrected chi connectivity index (χ0v) is 14.1. The van der Waals surface area contributed by atoms with Gasteiger partial charge in [0.05, 0.1) is 6.20 Å². The van der Waals surface area contributed by atoms with E-state index >= 15 is 0 Å². The Morgan fingerprint density at radius 3 is 2.64 bits per heavy atom. The van der Waals surface area contributed by atoms with Crippen LogP contribution in [0, 0.1) is 0 Å². The van der Waals surface area contributed by atoms with Crippen LogP contribution in [0.3, 0.4) is 0 Å². The molecule has 4 aromatic rings. The Hall–Kier alpha value is -3.07. The minimum absolute atomic E-state index is 0.262. The molecule has 1 unspecified atom stereocenters. The van der Waals surface area contributed by atoms with Gasteiger partial charge in [0.2, 0.25) is 0 Å². The number of fused-ring (bicyclic) bond motifs is 1. The van der Waals surface area contributed by atoms with Crippen molar-refractivity contribution in [1.29, 1.82) is 0 Å². The van der Waals surface area contributed by atoms with Gasteiger partial charge in [-0.1, -0.05) is 54.6 Å². The molecular weight excluding hydrogens is 306 g/mol. The van der Waals surface area contributed by atoms with Crippen LogP contribution in [-0.2, 0) is 6.54 Å². The molecule has 1 atom stereocenters. The molecule has 124 valence electrons. The van der Waals surface area contributed by atoms with Crippen molar-refractivity contribution < 1.29 is 0 Å². The highest BCUT2D eigenvalue weighted by Crippen LogP contribution is 2.34. The normalized spacial score (nSPS) is 12.3. The number of hydrogen-bond acceptors (Lipinski definition) is 1. The van der Waals surface area contributed by atoms with Crippen LogP contribution >= 0.6 is 0 Å². The summed E-state index contributed by atoms with van der Waals surface area (Å²) in [6.45, 7) is 4.82. The maximum atomic E-state index is 4.14. The van der Waals surface area contributed by atoms with E-state index in [9.17, 15) is 0 Å². The topological polar surface area (TPSA) is 33.6 Å². The highest BCUT2D eigenvalue weighted by atomic mass is 15.1. The number of benzene rings is 2. The number of aromatic nitrogens is 3. The summed E-state index contributed by atoms with van der Waals surface area (Å²) in [6, 6.07) is 19.2. The number of aromatic amines is 1. The van der Waals surface area contributed by atoms with Crippen LogP contribution in [0.4, 0.5) is 0 Å². The van der Waals surface area contributed by atoms with Crippen molar-refractivity contribution in [3.8, 4) is 0 Å². The average Bonchev–Trinajstić information content (AvgIpc) is 3.30. The summed E-state index contributed by atoms with van der Waals surface area (Å²) < 4.78 is 2.34. The average molecular weight is 327 g/mol. The van der Waals surface area contributed by atoms with Crippen molar-refractivity contribution in [2.75, 3.05) is 0 Å². The Kier molecular flexibility index (Phi) is 4.21. The molecule has 0 aliphatic carbocycles. The molecule has 3 heteroatoms. The van der Waals surface area contributed by atoms with Crippen molar-refractivity contribution in [2.45, 2.75) is 18.9 Å². The Bertz CT molecular complexity index is 965. The fourth-order valence-corrected chi connectivity index (χ4v) is 3.52. The van der Waals surface area contributed by atoms with E-state index in [1.165, 1.54) is 27.6 Å². The highest BCUT2D eigenvalue weighted by Gasteiger charge is 2.19. The Morgan fingerprint density at radius 1 is 1.08 bits per heavy atom. The number of nitrogens with one attached hydrogen (secondary N) is 1. The molecule has 0 spiro atoms. The van der Waals surface area contributed by atoms with E-state index in [0.29, 0.717) is 0 Å². The lowest BCUT2D eigenvalue weighted by Crippen LogP contribution is -2.00. The predicted molar refractivity (Wildman–Crippen MR) is 103 cm³/mol. The van der Waals surface area contributed by atoms with E-state index in [1.807, 2.05) is 18.5 Å². The van der Waals surface area contributed by atoms with Gasteiger partial charge >= 0.3 is 0 Å². The summed E-state index contributed by atoms with van der Waals surface area (Å²) in [5.41, 5.74) is 5.09. The van der Waals surface area contributed by atoms with Crippen LogP contribution in [0.5, 0.6) is 0 Å². The summed E-state index contributed by atoms with van der Waals surface area (Å²) in [5, 5.41) is 8.38. The van der Waals surface area contributed by atoms with Crippen molar-refractivity contribution in [3.63, 3.8) is 0 Å². The summed E-state index contributed by atoms with van der Waals surface area (Å²) in [5.74, 6) is 0.262. The second-order valence-electron chi connectivity index (χ2n) is 6.32. The monoisotopic (exact) mass is 327 g/mol. The molecule has 0 aliphatic rings. The predicted octanol–water partition coefficient (Wildman–Crippen LogP) is 5.12. The first-order valence-electron chi connectivity index (χ1n) is 8.58. The number of para-hydroxylation sites is 1. The van der Waals surface area contributed by atoms with Crippen LogP contribution < -0.4 is 0 Å². The zero-order chi connectivity index (χ0) is 17.1. The van der Waals surface area contributed by atoms with Crippen LogP contribution in [-0.4, -0.2) is 14.8 Å². The summed E-state index contributed by atoms with van der Waals surface area (Å²) in [4.78, 5) is 0. The van der Waals surface area contributed by atoms with Crippen molar-refractivity contribution >= 4 is 10.9 Å². The lowest BCUT2D eigenvalue weighted by atomic mass is 9.90. The first kappa shape index (κ1) is 15.5. The van der Waals surface area contributed by atoms with E-state index in [1.54, 1.807) is 0 Å². The SMILES string of the molecule is C=CCC(c1cn[nH]c1)c1cn(Cc2ccccc2)c2ccccc12. The maximum Gasteiger partial charge on any atom is 0.0525 e. The number of allylic oxidation sites excluding steroid dienone is 1. The van der Waals surface area contributed by atoms with E-state index in [4.69, 9.17) is 0 Å². The number of nitrogens with zero attached hydrogens (tertiary/aromatic N) is 2. The van der Waals surface area contributed by atoms with Gasteiger partial charge in [-0.05, 0) is 29.2 Å². The fraction of sp³-hybridized carbons (Fsp3) is 0.136. The van der Waals surface area contributed by atoms with Crippen LogP contribution in [0.2, 0.25) is 0 Å². The molecule has 0 amide bonds. The minimum Gasteiger partial charge on any atom is -0.343 e. The molecule has 0 fully saturated rings. The first-order valence-corrected chi connectivity index (χ1v) is 8.58. The summed E-state index contributed by atoms with van der Waals surface area (Å²) in [6.07, 6.45) is 9.06. The molecule has 0 saturated heterocycles. The van der Waals surface area contributed by atoms with Gasteiger partial charge in [0.15, 0.2) is 0 Å². The summed E-state index contributed by atoms with van der Waals surface area (Å²) in [7, 11) is 0. The van der Waals surface area contributed by atoms with Gasteiger partial charge in [0.25, 0.3) is 0 Å². The molecule has 2 heterocycles. The smallest absolute Gasteiger partial charge is 0.0525 e. The molecule has 2 aromatic heterocycles. The van der Waals surface area contributed by atoms with Gasteiger partial charge in [-0.2, -0.15) is 5.10 Å². The van der Waals surface area contributed by atoms with E-state index in [-0.39, 0.29) is 5.92 Å². The lowest BCUT2D eigenvalue weighted by Gasteiger charge is -2.12. The number of rotatable bonds is 6. The van der Waals surface area contributed by atoms with E-state index in [2.05, 4.69) is 82.1 Å².